The first-order valence-electron chi connectivity index (χ1n) is 4.71. The van der Waals surface area contributed by atoms with Gasteiger partial charge in [0.15, 0.2) is 0 Å². The van der Waals surface area contributed by atoms with Crippen molar-refractivity contribution in [3.05, 3.63) is 41.2 Å². The van der Waals surface area contributed by atoms with Crippen molar-refractivity contribution >= 4 is 5.70 Å². The molecular weight excluding hydrogens is 193 g/mol. The molecule has 0 bridgehead atoms. The molecule has 15 heavy (non-hydrogen) atoms. The van der Waals surface area contributed by atoms with Crippen LogP contribution >= 0.6 is 0 Å². The molecule has 0 spiro atoms. The van der Waals surface area contributed by atoms with Crippen LogP contribution in [0.15, 0.2) is 18.7 Å². The Labute approximate surface area is 89.2 Å². The van der Waals surface area contributed by atoms with Crippen molar-refractivity contribution in [2.45, 2.75) is 26.4 Å². The van der Waals surface area contributed by atoms with Crippen LogP contribution in [0.25, 0.3) is 5.70 Å². The molecule has 82 valence electrons. The van der Waals surface area contributed by atoms with Crippen molar-refractivity contribution in [3.8, 4) is 0 Å². The van der Waals surface area contributed by atoms with Gasteiger partial charge in [0.2, 0.25) is 0 Å². The van der Waals surface area contributed by atoms with E-state index in [1.54, 1.807) is 26.8 Å². The maximum atomic E-state index is 13.6. The number of aliphatic hydroxyl groups is 1. The van der Waals surface area contributed by atoms with Crippen LogP contribution in [-0.2, 0) is 5.60 Å². The van der Waals surface area contributed by atoms with Crippen LogP contribution in [0.1, 0.15) is 30.5 Å². The summed E-state index contributed by atoms with van der Waals surface area (Å²) in [6.45, 7) is 8.47. The number of aryl methyl sites for hydroxylation is 1. The van der Waals surface area contributed by atoms with Gasteiger partial charge in [0.1, 0.15) is 5.82 Å². The van der Waals surface area contributed by atoms with Crippen molar-refractivity contribution in [2.75, 3.05) is 0 Å². The Morgan fingerprint density at radius 2 is 2.00 bits per heavy atom. The normalized spacial score (nSPS) is 11.5. The minimum atomic E-state index is -1.06. The largest absolute Gasteiger partial charge is 0.399 e. The highest BCUT2D eigenvalue weighted by Crippen LogP contribution is 2.26. The van der Waals surface area contributed by atoms with E-state index in [0.29, 0.717) is 16.7 Å². The molecule has 0 unspecified atom stereocenters. The fourth-order valence-corrected chi connectivity index (χ4v) is 1.50. The smallest absolute Gasteiger partial charge is 0.133 e. The first kappa shape index (κ1) is 11.7. The zero-order valence-corrected chi connectivity index (χ0v) is 9.26. The maximum Gasteiger partial charge on any atom is 0.133 e. The molecule has 0 amide bonds. The van der Waals surface area contributed by atoms with Gasteiger partial charge in [-0.05, 0) is 38.0 Å². The minimum absolute atomic E-state index is 0.201. The van der Waals surface area contributed by atoms with E-state index in [9.17, 15) is 9.50 Å². The molecular formula is C12H16FNO. The van der Waals surface area contributed by atoms with Gasteiger partial charge in [-0.15, -0.1) is 0 Å². The summed E-state index contributed by atoms with van der Waals surface area (Å²) in [7, 11) is 0. The highest BCUT2D eigenvalue weighted by atomic mass is 19.1. The zero-order valence-electron chi connectivity index (χ0n) is 9.26. The van der Waals surface area contributed by atoms with Crippen molar-refractivity contribution in [2.24, 2.45) is 5.73 Å². The molecule has 0 fully saturated rings. The number of benzene rings is 1. The van der Waals surface area contributed by atoms with E-state index in [1.165, 1.54) is 6.07 Å². The fraction of sp³-hybridized carbons (Fsp3) is 0.333. The van der Waals surface area contributed by atoms with Crippen LogP contribution in [0.2, 0.25) is 0 Å². The van der Waals surface area contributed by atoms with Crippen molar-refractivity contribution in [1.29, 1.82) is 0 Å². The lowest BCUT2D eigenvalue weighted by molar-refractivity contribution is 0.0781. The molecule has 0 saturated carbocycles. The molecule has 2 nitrogen and oxygen atoms in total. The lowest BCUT2D eigenvalue weighted by atomic mass is 9.93. The molecule has 0 saturated heterocycles. The van der Waals surface area contributed by atoms with E-state index in [0.717, 1.165) is 0 Å². The van der Waals surface area contributed by atoms with Gasteiger partial charge in [-0.25, -0.2) is 4.39 Å². The van der Waals surface area contributed by atoms with Gasteiger partial charge in [-0.1, -0.05) is 12.6 Å². The van der Waals surface area contributed by atoms with Gasteiger partial charge in [0.05, 0.1) is 5.60 Å². The summed E-state index contributed by atoms with van der Waals surface area (Å²) in [5.74, 6) is -0.445. The van der Waals surface area contributed by atoms with Gasteiger partial charge < -0.3 is 10.8 Å². The average Bonchev–Trinajstić information content (AvgIpc) is 1.99. The van der Waals surface area contributed by atoms with Crippen molar-refractivity contribution < 1.29 is 9.50 Å². The molecule has 0 aliphatic rings. The lowest BCUT2D eigenvalue weighted by Gasteiger charge is -2.20. The summed E-state index contributed by atoms with van der Waals surface area (Å²) < 4.78 is 13.6. The Bertz CT molecular complexity index is 382. The SMILES string of the molecule is C=C(N)c1c(C)cc(C(C)(C)O)cc1F. The van der Waals surface area contributed by atoms with E-state index in [1.807, 2.05) is 0 Å². The van der Waals surface area contributed by atoms with E-state index < -0.39 is 11.4 Å². The van der Waals surface area contributed by atoms with Crippen LogP contribution in [0.5, 0.6) is 0 Å². The summed E-state index contributed by atoms with van der Waals surface area (Å²) >= 11 is 0. The van der Waals surface area contributed by atoms with Gasteiger partial charge in [0, 0.05) is 11.3 Å². The van der Waals surface area contributed by atoms with Gasteiger partial charge in [-0.3, -0.25) is 0 Å². The molecule has 1 aromatic rings. The highest BCUT2D eigenvalue weighted by Gasteiger charge is 2.19. The van der Waals surface area contributed by atoms with Crippen LogP contribution < -0.4 is 5.73 Å². The molecule has 0 aliphatic heterocycles. The van der Waals surface area contributed by atoms with E-state index in [4.69, 9.17) is 5.73 Å². The quantitative estimate of drug-likeness (QED) is 0.785. The van der Waals surface area contributed by atoms with Gasteiger partial charge >= 0.3 is 0 Å². The predicted octanol–water partition coefficient (Wildman–Crippen LogP) is 2.29. The van der Waals surface area contributed by atoms with Gasteiger partial charge in [0.25, 0.3) is 0 Å². The molecule has 0 aliphatic carbocycles. The van der Waals surface area contributed by atoms with E-state index in [-0.39, 0.29) is 5.70 Å². The van der Waals surface area contributed by atoms with Crippen LogP contribution in [0.4, 0.5) is 4.39 Å². The summed E-state index contributed by atoms with van der Waals surface area (Å²) in [6, 6.07) is 3.01. The summed E-state index contributed by atoms with van der Waals surface area (Å²) in [6.07, 6.45) is 0. The third-order valence-corrected chi connectivity index (χ3v) is 2.31. The number of hydrogen-bond donors (Lipinski definition) is 2. The summed E-state index contributed by atoms with van der Waals surface area (Å²) in [5, 5.41) is 9.75. The standard InChI is InChI=1S/C12H16FNO/c1-7-5-9(12(3,4)15)6-10(13)11(7)8(2)14/h5-6,15H,2,14H2,1,3-4H3. The first-order valence-corrected chi connectivity index (χ1v) is 4.71. The lowest BCUT2D eigenvalue weighted by Crippen LogP contribution is -2.17. The minimum Gasteiger partial charge on any atom is -0.399 e. The number of nitrogens with two attached hydrogens (primary N) is 1. The molecule has 1 rings (SSSR count). The third kappa shape index (κ3) is 2.36. The van der Waals surface area contributed by atoms with Crippen LogP contribution in [0, 0.1) is 12.7 Å². The molecule has 3 N–H and O–H groups in total. The molecule has 0 aromatic heterocycles. The second kappa shape index (κ2) is 3.66. The zero-order chi connectivity index (χ0) is 11.8. The Kier molecular flexibility index (Phi) is 2.86. The van der Waals surface area contributed by atoms with Crippen LogP contribution in [0.3, 0.4) is 0 Å². The fourth-order valence-electron chi connectivity index (χ4n) is 1.50. The molecule has 1 aromatic carbocycles. The number of rotatable bonds is 2. The van der Waals surface area contributed by atoms with Crippen molar-refractivity contribution in [1.82, 2.24) is 0 Å². The van der Waals surface area contributed by atoms with Gasteiger partial charge in [-0.2, -0.15) is 0 Å². The number of halogens is 1. The van der Waals surface area contributed by atoms with Crippen LogP contribution in [-0.4, -0.2) is 5.11 Å². The summed E-state index contributed by atoms with van der Waals surface area (Å²) in [4.78, 5) is 0. The Morgan fingerprint density at radius 3 is 2.33 bits per heavy atom. The number of hydrogen-bond acceptors (Lipinski definition) is 2. The van der Waals surface area contributed by atoms with E-state index in [2.05, 4.69) is 6.58 Å². The third-order valence-electron chi connectivity index (χ3n) is 2.31. The molecule has 3 heteroatoms. The predicted molar refractivity (Wildman–Crippen MR) is 59.6 cm³/mol. The Hall–Kier alpha value is -1.35. The average molecular weight is 209 g/mol. The Balaban J connectivity index is 3.39. The van der Waals surface area contributed by atoms with Crippen molar-refractivity contribution in [3.63, 3.8) is 0 Å². The summed E-state index contributed by atoms with van der Waals surface area (Å²) in [5.41, 5.74) is 6.16. The monoisotopic (exact) mass is 209 g/mol. The molecule has 0 atom stereocenters. The molecule has 0 heterocycles. The Morgan fingerprint density at radius 1 is 1.47 bits per heavy atom. The molecule has 0 radical (unpaired) electrons. The van der Waals surface area contributed by atoms with E-state index >= 15 is 0 Å². The second-order valence-corrected chi connectivity index (χ2v) is 4.23. The first-order chi connectivity index (χ1) is 6.73. The highest BCUT2D eigenvalue weighted by molar-refractivity contribution is 5.64. The topological polar surface area (TPSA) is 46.2 Å². The second-order valence-electron chi connectivity index (χ2n) is 4.23. The maximum absolute atomic E-state index is 13.6.